The Morgan fingerprint density at radius 1 is 1.38 bits per heavy atom. The Morgan fingerprint density at radius 2 is 2.00 bits per heavy atom. The summed E-state index contributed by atoms with van der Waals surface area (Å²) in [5.74, 6) is 0.723. The summed E-state index contributed by atoms with van der Waals surface area (Å²) in [6, 6.07) is 6.46. The van der Waals surface area contributed by atoms with Crippen molar-refractivity contribution < 1.29 is 9.66 Å². The smallest absolute Gasteiger partial charge is 0.238 e. The SMILES string of the molecule is CCCCC(c1ccc(OC)cc1)[N+](=O)[O-]. The highest BCUT2D eigenvalue weighted by Gasteiger charge is 2.21. The zero-order chi connectivity index (χ0) is 12.0. The molecule has 1 aromatic rings. The first-order valence-corrected chi connectivity index (χ1v) is 5.46. The number of methoxy groups -OCH3 is 1. The van der Waals surface area contributed by atoms with E-state index < -0.39 is 6.04 Å². The molecule has 1 unspecified atom stereocenters. The van der Waals surface area contributed by atoms with E-state index in [0.29, 0.717) is 6.42 Å². The predicted octanol–water partition coefficient (Wildman–Crippen LogP) is 3.20. The molecule has 1 rings (SSSR count). The molecule has 0 radical (unpaired) electrons. The summed E-state index contributed by atoms with van der Waals surface area (Å²) in [5.41, 5.74) is 0.749. The van der Waals surface area contributed by atoms with Crippen LogP contribution in [-0.4, -0.2) is 12.0 Å². The van der Waals surface area contributed by atoms with E-state index in [1.165, 1.54) is 0 Å². The molecule has 0 saturated heterocycles. The van der Waals surface area contributed by atoms with Crippen molar-refractivity contribution in [3.05, 3.63) is 39.9 Å². The van der Waals surface area contributed by atoms with Crippen LogP contribution in [0.15, 0.2) is 24.3 Å². The summed E-state index contributed by atoms with van der Waals surface area (Å²) in [4.78, 5) is 10.7. The fraction of sp³-hybridized carbons (Fsp3) is 0.500. The number of rotatable bonds is 6. The maximum atomic E-state index is 10.9. The summed E-state index contributed by atoms with van der Waals surface area (Å²) in [6.45, 7) is 2.03. The largest absolute Gasteiger partial charge is 0.497 e. The zero-order valence-electron chi connectivity index (χ0n) is 9.68. The van der Waals surface area contributed by atoms with Gasteiger partial charge in [0.1, 0.15) is 5.75 Å². The van der Waals surface area contributed by atoms with Crippen molar-refractivity contribution >= 4 is 0 Å². The molecule has 88 valence electrons. The van der Waals surface area contributed by atoms with Crippen molar-refractivity contribution in [2.45, 2.75) is 32.2 Å². The van der Waals surface area contributed by atoms with Gasteiger partial charge in [0.15, 0.2) is 0 Å². The Bertz CT molecular complexity index is 335. The summed E-state index contributed by atoms with van der Waals surface area (Å²) >= 11 is 0. The second-order valence-electron chi connectivity index (χ2n) is 3.72. The third-order valence-corrected chi connectivity index (χ3v) is 2.59. The Morgan fingerprint density at radius 3 is 2.44 bits per heavy atom. The molecule has 0 bridgehead atoms. The molecule has 0 aliphatic carbocycles. The number of hydrogen-bond acceptors (Lipinski definition) is 3. The van der Waals surface area contributed by atoms with Gasteiger partial charge in [-0.05, 0) is 30.7 Å². The average Bonchev–Trinajstić information content (AvgIpc) is 2.30. The Labute approximate surface area is 95.4 Å². The monoisotopic (exact) mass is 223 g/mol. The van der Waals surface area contributed by atoms with Crippen molar-refractivity contribution in [2.75, 3.05) is 7.11 Å². The standard InChI is InChI=1S/C12H17NO3/c1-3-4-5-12(13(14)15)10-6-8-11(16-2)9-7-10/h6-9,12H,3-5H2,1-2H3. The Balaban J connectivity index is 2.79. The lowest BCUT2D eigenvalue weighted by Crippen LogP contribution is -2.10. The van der Waals surface area contributed by atoms with E-state index in [0.717, 1.165) is 24.2 Å². The quantitative estimate of drug-likeness (QED) is 0.549. The molecule has 0 N–H and O–H groups in total. The molecule has 0 fully saturated rings. The molecule has 0 heterocycles. The van der Waals surface area contributed by atoms with Gasteiger partial charge in [-0.3, -0.25) is 10.1 Å². The highest BCUT2D eigenvalue weighted by Crippen LogP contribution is 2.24. The molecule has 4 nitrogen and oxygen atoms in total. The summed E-state index contributed by atoms with van der Waals surface area (Å²) in [5, 5.41) is 10.9. The minimum atomic E-state index is -0.592. The van der Waals surface area contributed by atoms with Crippen LogP contribution in [0.5, 0.6) is 5.75 Å². The number of benzene rings is 1. The van der Waals surface area contributed by atoms with Crippen LogP contribution >= 0.6 is 0 Å². The number of unbranched alkanes of at least 4 members (excludes halogenated alkanes) is 1. The van der Waals surface area contributed by atoms with Gasteiger partial charge in [-0.25, -0.2) is 0 Å². The van der Waals surface area contributed by atoms with Crippen molar-refractivity contribution in [3.8, 4) is 5.75 Å². The highest BCUT2D eigenvalue weighted by molar-refractivity contribution is 5.28. The van der Waals surface area contributed by atoms with Gasteiger partial charge in [0.25, 0.3) is 0 Å². The van der Waals surface area contributed by atoms with Crippen LogP contribution in [-0.2, 0) is 0 Å². The molecule has 1 aromatic carbocycles. The van der Waals surface area contributed by atoms with E-state index in [2.05, 4.69) is 0 Å². The molecule has 0 aromatic heterocycles. The van der Waals surface area contributed by atoms with Gasteiger partial charge in [-0.15, -0.1) is 0 Å². The first kappa shape index (κ1) is 12.5. The van der Waals surface area contributed by atoms with E-state index in [4.69, 9.17) is 4.74 Å². The maximum Gasteiger partial charge on any atom is 0.238 e. The molecule has 0 amide bonds. The molecule has 0 aliphatic heterocycles. The number of ether oxygens (including phenoxy) is 1. The molecule has 4 heteroatoms. The maximum absolute atomic E-state index is 10.9. The molecule has 0 saturated carbocycles. The van der Waals surface area contributed by atoms with Crippen LogP contribution in [0, 0.1) is 10.1 Å². The molecule has 16 heavy (non-hydrogen) atoms. The van der Waals surface area contributed by atoms with Crippen LogP contribution < -0.4 is 4.74 Å². The van der Waals surface area contributed by atoms with Crippen molar-refractivity contribution in [1.29, 1.82) is 0 Å². The third kappa shape index (κ3) is 3.22. The molecule has 1 atom stereocenters. The second kappa shape index (κ2) is 6.10. The van der Waals surface area contributed by atoms with Gasteiger partial charge in [-0.2, -0.15) is 0 Å². The number of nitrogens with zero attached hydrogens (tertiary/aromatic N) is 1. The van der Waals surface area contributed by atoms with Gasteiger partial charge < -0.3 is 4.74 Å². The van der Waals surface area contributed by atoms with Crippen molar-refractivity contribution in [1.82, 2.24) is 0 Å². The Kier molecular flexibility index (Phi) is 4.76. The molecular formula is C12H17NO3. The minimum absolute atomic E-state index is 0.211. The lowest BCUT2D eigenvalue weighted by Gasteiger charge is -2.09. The lowest BCUT2D eigenvalue weighted by molar-refractivity contribution is -0.530. The predicted molar refractivity (Wildman–Crippen MR) is 62.3 cm³/mol. The summed E-state index contributed by atoms with van der Waals surface area (Å²) < 4.78 is 5.02. The zero-order valence-corrected chi connectivity index (χ0v) is 9.68. The van der Waals surface area contributed by atoms with Crippen LogP contribution in [0.2, 0.25) is 0 Å². The summed E-state index contributed by atoms with van der Waals surface area (Å²) in [7, 11) is 1.58. The van der Waals surface area contributed by atoms with E-state index in [1.54, 1.807) is 31.4 Å². The van der Waals surface area contributed by atoms with Crippen molar-refractivity contribution in [2.24, 2.45) is 0 Å². The van der Waals surface area contributed by atoms with Crippen LogP contribution in [0.1, 0.15) is 37.8 Å². The van der Waals surface area contributed by atoms with Crippen LogP contribution in [0.3, 0.4) is 0 Å². The fourth-order valence-electron chi connectivity index (χ4n) is 1.62. The minimum Gasteiger partial charge on any atom is -0.497 e. The van der Waals surface area contributed by atoms with E-state index in [-0.39, 0.29) is 4.92 Å². The van der Waals surface area contributed by atoms with Crippen LogP contribution in [0.4, 0.5) is 0 Å². The lowest BCUT2D eigenvalue weighted by atomic mass is 10.0. The van der Waals surface area contributed by atoms with E-state index in [9.17, 15) is 10.1 Å². The fourth-order valence-corrected chi connectivity index (χ4v) is 1.62. The normalized spacial score (nSPS) is 12.1. The third-order valence-electron chi connectivity index (χ3n) is 2.59. The molecule has 0 aliphatic rings. The summed E-state index contributed by atoms with van der Waals surface area (Å²) in [6.07, 6.45) is 2.44. The van der Waals surface area contributed by atoms with Gasteiger partial charge in [-0.1, -0.05) is 13.3 Å². The van der Waals surface area contributed by atoms with Gasteiger partial charge in [0.2, 0.25) is 6.04 Å². The first-order chi connectivity index (χ1) is 7.69. The van der Waals surface area contributed by atoms with E-state index in [1.807, 2.05) is 6.92 Å². The Hall–Kier alpha value is -1.58. The van der Waals surface area contributed by atoms with Crippen molar-refractivity contribution in [3.63, 3.8) is 0 Å². The van der Waals surface area contributed by atoms with Crippen LogP contribution in [0.25, 0.3) is 0 Å². The second-order valence-corrected chi connectivity index (χ2v) is 3.72. The average molecular weight is 223 g/mol. The molecule has 0 spiro atoms. The number of nitro groups is 1. The van der Waals surface area contributed by atoms with Gasteiger partial charge in [0, 0.05) is 16.9 Å². The van der Waals surface area contributed by atoms with Gasteiger partial charge in [0.05, 0.1) is 7.11 Å². The highest BCUT2D eigenvalue weighted by atomic mass is 16.6. The first-order valence-electron chi connectivity index (χ1n) is 5.46. The van der Waals surface area contributed by atoms with Gasteiger partial charge >= 0.3 is 0 Å². The topological polar surface area (TPSA) is 52.4 Å². The molecular weight excluding hydrogens is 206 g/mol. The number of hydrogen-bond donors (Lipinski definition) is 0. The van der Waals surface area contributed by atoms with E-state index >= 15 is 0 Å².